The van der Waals surface area contributed by atoms with E-state index in [0.717, 1.165) is 25.1 Å². The Balaban J connectivity index is 2.53. The molecule has 0 aliphatic heterocycles. The number of nitrogens with zero attached hydrogens (tertiary/aromatic N) is 2. The van der Waals surface area contributed by atoms with Crippen LogP contribution in [0.15, 0.2) is 0 Å². The third-order valence-corrected chi connectivity index (χ3v) is 3.58. The molecule has 1 aromatic rings. The Labute approximate surface area is 90.5 Å². The molecule has 0 aromatic carbocycles. The van der Waals surface area contributed by atoms with Gasteiger partial charge in [-0.25, -0.2) is 0 Å². The van der Waals surface area contributed by atoms with Crippen molar-refractivity contribution < 1.29 is 4.79 Å². The Bertz CT molecular complexity index is 414. The standard InChI is InChI=1S/C12H18N2O/c1-5-14-9(3)11(8(2)13-14)12(6-7-12)10(4)15/h5-7H2,1-4H3. The van der Waals surface area contributed by atoms with Gasteiger partial charge in [-0.3, -0.25) is 9.48 Å². The smallest absolute Gasteiger partial charge is 0.140 e. The fourth-order valence-electron chi connectivity index (χ4n) is 2.60. The van der Waals surface area contributed by atoms with Crippen molar-refractivity contribution in [1.29, 1.82) is 0 Å². The van der Waals surface area contributed by atoms with E-state index in [1.165, 1.54) is 11.3 Å². The maximum atomic E-state index is 11.7. The van der Waals surface area contributed by atoms with Gasteiger partial charge in [0.2, 0.25) is 0 Å². The molecule has 2 rings (SSSR count). The number of Topliss-reactive ketones (excluding diaryl/α,β-unsaturated/α-hetero) is 1. The van der Waals surface area contributed by atoms with Crippen molar-refractivity contribution in [3.05, 3.63) is 17.0 Å². The van der Waals surface area contributed by atoms with Crippen molar-refractivity contribution in [2.45, 2.75) is 52.5 Å². The topological polar surface area (TPSA) is 34.9 Å². The minimum Gasteiger partial charge on any atom is -0.299 e. The second-order valence-electron chi connectivity index (χ2n) is 4.50. The monoisotopic (exact) mass is 206 g/mol. The van der Waals surface area contributed by atoms with Crippen LogP contribution in [0.4, 0.5) is 0 Å². The van der Waals surface area contributed by atoms with Crippen LogP contribution in [0.1, 0.15) is 43.6 Å². The highest BCUT2D eigenvalue weighted by Gasteiger charge is 2.51. The van der Waals surface area contributed by atoms with Crippen LogP contribution in [0.2, 0.25) is 0 Å². The van der Waals surface area contributed by atoms with Crippen molar-refractivity contribution in [3.8, 4) is 0 Å². The highest BCUT2D eigenvalue weighted by molar-refractivity contribution is 5.91. The fourth-order valence-corrected chi connectivity index (χ4v) is 2.60. The van der Waals surface area contributed by atoms with E-state index in [1.54, 1.807) is 6.92 Å². The summed E-state index contributed by atoms with van der Waals surface area (Å²) in [6, 6.07) is 0. The first-order valence-electron chi connectivity index (χ1n) is 5.58. The molecular weight excluding hydrogens is 188 g/mol. The molecule has 3 heteroatoms. The molecular formula is C12H18N2O. The van der Waals surface area contributed by atoms with E-state index >= 15 is 0 Å². The number of carbonyl (C=O) groups excluding carboxylic acids is 1. The van der Waals surface area contributed by atoms with Gasteiger partial charge in [0, 0.05) is 17.8 Å². The van der Waals surface area contributed by atoms with Gasteiger partial charge < -0.3 is 0 Å². The summed E-state index contributed by atoms with van der Waals surface area (Å²) in [5.74, 6) is 0.296. The van der Waals surface area contributed by atoms with E-state index in [-0.39, 0.29) is 5.41 Å². The molecule has 1 aromatic heterocycles. The van der Waals surface area contributed by atoms with Crippen LogP contribution in [-0.4, -0.2) is 15.6 Å². The second kappa shape index (κ2) is 3.19. The highest BCUT2D eigenvalue weighted by atomic mass is 16.1. The number of hydrogen-bond acceptors (Lipinski definition) is 2. The summed E-state index contributed by atoms with van der Waals surface area (Å²) in [5.41, 5.74) is 3.21. The third kappa shape index (κ3) is 1.33. The lowest BCUT2D eigenvalue weighted by Crippen LogP contribution is -2.18. The first-order chi connectivity index (χ1) is 7.03. The van der Waals surface area contributed by atoms with E-state index in [2.05, 4.69) is 18.9 Å². The van der Waals surface area contributed by atoms with Gasteiger partial charge >= 0.3 is 0 Å². The zero-order chi connectivity index (χ0) is 11.2. The summed E-state index contributed by atoms with van der Waals surface area (Å²) >= 11 is 0. The van der Waals surface area contributed by atoms with Crippen LogP contribution in [-0.2, 0) is 16.8 Å². The molecule has 0 atom stereocenters. The minimum atomic E-state index is -0.179. The largest absolute Gasteiger partial charge is 0.299 e. The summed E-state index contributed by atoms with van der Waals surface area (Å²) in [4.78, 5) is 11.7. The van der Waals surface area contributed by atoms with Crippen LogP contribution in [0, 0.1) is 13.8 Å². The summed E-state index contributed by atoms with van der Waals surface area (Å²) in [5, 5.41) is 4.48. The van der Waals surface area contributed by atoms with Gasteiger partial charge in [-0.1, -0.05) is 0 Å². The predicted octanol–water partition coefficient (Wildman–Crippen LogP) is 2.14. The first kappa shape index (κ1) is 10.4. The molecule has 0 N–H and O–H groups in total. The van der Waals surface area contributed by atoms with Crippen molar-refractivity contribution in [1.82, 2.24) is 9.78 Å². The molecule has 0 bridgehead atoms. The van der Waals surface area contributed by atoms with Gasteiger partial charge in [-0.2, -0.15) is 5.10 Å². The molecule has 0 saturated heterocycles. The van der Waals surface area contributed by atoms with Crippen LogP contribution in [0.3, 0.4) is 0 Å². The molecule has 0 spiro atoms. The Morgan fingerprint density at radius 2 is 2.07 bits per heavy atom. The summed E-state index contributed by atoms with van der Waals surface area (Å²) < 4.78 is 1.99. The van der Waals surface area contributed by atoms with Crippen LogP contribution >= 0.6 is 0 Å². The molecule has 1 fully saturated rings. The lowest BCUT2D eigenvalue weighted by Gasteiger charge is -2.12. The van der Waals surface area contributed by atoms with Crippen LogP contribution in [0.5, 0.6) is 0 Å². The Hall–Kier alpha value is -1.12. The SMILES string of the molecule is CCn1nc(C)c(C2(C(C)=O)CC2)c1C. The van der Waals surface area contributed by atoms with Gasteiger partial charge in [-0.05, 0) is 40.5 Å². The van der Waals surface area contributed by atoms with E-state index in [1.807, 2.05) is 11.6 Å². The predicted molar refractivity (Wildman–Crippen MR) is 59.0 cm³/mol. The number of hydrogen-bond donors (Lipinski definition) is 0. The molecule has 3 nitrogen and oxygen atoms in total. The number of aryl methyl sites for hydroxylation is 2. The summed E-state index contributed by atoms with van der Waals surface area (Å²) in [6.07, 6.45) is 2.00. The van der Waals surface area contributed by atoms with Gasteiger partial charge in [0.1, 0.15) is 5.78 Å². The maximum Gasteiger partial charge on any atom is 0.140 e. The van der Waals surface area contributed by atoms with E-state index in [9.17, 15) is 4.79 Å². The highest BCUT2D eigenvalue weighted by Crippen LogP contribution is 2.51. The molecule has 1 saturated carbocycles. The zero-order valence-electron chi connectivity index (χ0n) is 9.92. The van der Waals surface area contributed by atoms with E-state index in [4.69, 9.17) is 0 Å². The van der Waals surface area contributed by atoms with Crippen molar-refractivity contribution in [2.75, 3.05) is 0 Å². The van der Waals surface area contributed by atoms with E-state index in [0.29, 0.717) is 5.78 Å². The lowest BCUT2D eigenvalue weighted by atomic mass is 9.90. The summed E-state index contributed by atoms with van der Waals surface area (Å²) in [7, 11) is 0. The number of rotatable bonds is 3. The number of ketones is 1. The van der Waals surface area contributed by atoms with Crippen molar-refractivity contribution in [2.24, 2.45) is 0 Å². The van der Waals surface area contributed by atoms with Crippen molar-refractivity contribution in [3.63, 3.8) is 0 Å². The van der Waals surface area contributed by atoms with Crippen LogP contribution < -0.4 is 0 Å². The Morgan fingerprint density at radius 3 is 2.40 bits per heavy atom. The minimum absolute atomic E-state index is 0.179. The lowest BCUT2D eigenvalue weighted by molar-refractivity contribution is -0.119. The third-order valence-electron chi connectivity index (χ3n) is 3.58. The Kier molecular flexibility index (Phi) is 2.21. The molecule has 0 amide bonds. The number of aromatic nitrogens is 2. The molecule has 0 unspecified atom stereocenters. The molecule has 1 aliphatic carbocycles. The Morgan fingerprint density at radius 1 is 1.47 bits per heavy atom. The first-order valence-corrected chi connectivity index (χ1v) is 5.58. The van der Waals surface area contributed by atoms with Crippen molar-refractivity contribution >= 4 is 5.78 Å². The molecule has 1 aliphatic rings. The fraction of sp³-hybridized carbons (Fsp3) is 0.667. The normalized spacial score (nSPS) is 17.9. The van der Waals surface area contributed by atoms with Gasteiger partial charge in [0.15, 0.2) is 0 Å². The maximum absolute atomic E-state index is 11.7. The molecule has 82 valence electrons. The molecule has 0 radical (unpaired) electrons. The average Bonchev–Trinajstić information content (AvgIpc) is 2.90. The second-order valence-corrected chi connectivity index (χ2v) is 4.50. The summed E-state index contributed by atoms with van der Waals surface area (Å²) in [6.45, 7) is 8.74. The molecule has 15 heavy (non-hydrogen) atoms. The quantitative estimate of drug-likeness (QED) is 0.759. The zero-order valence-corrected chi connectivity index (χ0v) is 9.92. The van der Waals surface area contributed by atoms with Crippen LogP contribution in [0.25, 0.3) is 0 Å². The average molecular weight is 206 g/mol. The van der Waals surface area contributed by atoms with E-state index < -0.39 is 0 Å². The van der Waals surface area contributed by atoms with Gasteiger partial charge in [0.05, 0.1) is 11.1 Å². The number of carbonyl (C=O) groups is 1. The molecule has 1 heterocycles. The van der Waals surface area contributed by atoms with Gasteiger partial charge in [0.25, 0.3) is 0 Å². The van der Waals surface area contributed by atoms with Gasteiger partial charge in [-0.15, -0.1) is 0 Å².